The molecule has 4 aliphatic rings. The summed E-state index contributed by atoms with van der Waals surface area (Å²) in [5, 5.41) is 28.8. The standard InChI is InChI=1S/C13H16BN3O.C7H5BN2.C5H11NO.CH4O.I2/c1-8-4-17(6-11(8)18)5-9-2-3-10-12(9)15-7-16-13(10)14;8-7-5-2-1-3-6(5)9-4-10-7;1-4-2-6-3-5(4)7;2*1-2/h2,7-8,11,18H,3-6H2,1H3;1,3-4H,2H2;4-7H,2-3H2,1H3;2H,1H3;/t8-,11-;;4-,5-;;/m0.0../s1/i7D;4D;;;. The molecule has 4 radical (unpaired) electrons. The largest absolute Gasteiger partial charge is 0.400 e. The Hall–Kier alpha value is -0.970. The third kappa shape index (κ3) is 9.82. The first-order valence-electron chi connectivity index (χ1n) is 13.6. The Labute approximate surface area is 260 Å². The summed E-state index contributed by atoms with van der Waals surface area (Å²) in [6.45, 7) is 8.20. The molecule has 0 saturated carbocycles. The summed E-state index contributed by atoms with van der Waals surface area (Å²) in [7, 11) is 12.4. The van der Waals surface area contributed by atoms with Crippen LogP contribution >= 0.6 is 37.2 Å². The molecule has 208 valence electrons. The van der Waals surface area contributed by atoms with E-state index >= 15 is 0 Å². The number of rotatable bonds is 2. The van der Waals surface area contributed by atoms with E-state index in [1.807, 2.05) is 19.1 Å². The van der Waals surface area contributed by atoms with Crippen LogP contribution in [0, 0.1) is 11.8 Å². The van der Waals surface area contributed by atoms with E-state index in [0.29, 0.717) is 29.6 Å². The number of allylic oxidation sites excluding steroid dienone is 2. The summed E-state index contributed by atoms with van der Waals surface area (Å²) in [6, 6.07) is 0. The van der Waals surface area contributed by atoms with Crippen molar-refractivity contribution in [2.24, 2.45) is 11.8 Å². The van der Waals surface area contributed by atoms with Gasteiger partial charge < -0.3 is 20.6 Å². The van der Waals surface area contributed by atoms with Gasteiger partial charge in [0.1, 0.15) is 31.0 Å². The predicted octanol–water partition coefficient (Wildman–Crippen LogP) is 0.329. The van der Waals surface area contributed by atoms with E-state index < -0.39 is 0 Å². The first-order valence-corrected chi connectivity index (χ1v) is 18.9. The Morgan fingerprint density at radius 2 is 1.62 bits per heavy atom. The molecule has 9 nitrogen and oxygen atoms in total. The van der Waals surface area contributed by atoms with Gasteiger partial charge >= 0.3 is 0 Å². The molecular formula is C26H36B2I2N6O3. The Bertz CT molecular complexity index is 1200. The number of aliphatic hydroxyl groups excluding tert-OH is 3. The Morgan fingerprint density at radius 3 is 2.18 bits per heavy atom. The van der Waals surface area contributed by atoms with Gasteiger partial charge in [-0.25, -0.2) is 9.97 Å². The topological polar surface area (TPSA) is 128 Å². The molecule has 6 rings (SSSR count). The van der Waals surface area contributed by atoms with Gasteiger partial charge in [-0.3, -0.25) is 14.9 Å². The molecule has 39 heavy (non-hydrogen) atoms. The zero-order valence-corrected chi connectivity index (χ0v) is 26.8. The van der Waals surface area contributed by atoms with Crippen molar-refractivity contribution in [1.29, 1.82) is 0 Å². The second kappa shape index (κ2) is 17.8. The van der Waals surface area contributed by atoms with Crippen molar-refractivity contribution in [2.45, 2.75) is 38.9 Å². The first-order chi connectivity index (χ1) is 19.6. The Morgan fingerprint density at radius 1 is 0.949 bits per heavy atom. The molecule has 2 fully saturated rings. The molecule has 2 saturated heterocycles. The number of hydrogen-bond donors (Lipinski definition) is 4. The zero-order chi connectivity index (χ0) is 30.7. The fraction of sp³-hybridized carbons (Fsp3) is 0.538. The molecular weight excluding hydrogens is 720 g/mol. The number of aromatic nitrogens is 4. The summed E-state index contributed by atoms with van der Waals surface area (Å²) in [4.78, 5) is 17.9. The lowest BCUT2D eigenvalue weighted by atomic mass is 9.96. The minimum absolute atomic E-state index is 0.00667. The van der Waals surface area contributed by atoms with Crippen LogP contribution in [-0.4, -0.2) is 108 Å². The molecule has 2 aromatic heterocycles. The minimum atomic E-state index is -0.247. The molecule has 4 heterocycles. The lowest BCUT2D eigenvalue weighted by Crippen LogP contribution is -2.24. The van der Waals surface area contributed by atoms with Gasteiger partial charge in [-0.2, -0.15) is 0 Å². The summed E-state index contributed by atoms with van der Waals surface area (Å²) < 4.78 is 14.7. The maximum atomic E-state index is 9.79. The van der Waals surface area contributed by atoms with E-state index in [4.69, 9.17) is 28.6 Å². The maximum absolute atomic E-state index is 9.79. The van der Waals surface area contributed by atoms with Crippen molar-refractivity contribution in [2.75, 3.05) is 39.8 Å². The van der Waals surface area contributed by atoms with Crippen LogP contribution in [0.15, 0.2) is 24.8 Å². The third-order valence-electron chi connectivity index (χ3n) is 6.86. The number of fused-ring (bicyclic) bond motifs is 2. The summed E-state index contributed by atoms with van der Waals surface area (Å²) >= 11 is 4.24. The van der Waals surface area contributed by atoms with Gasteiger partial charge in [0.05, 0.1) is 23.6 Å². The van der Waals surface area contributed by atoms with Crippen molar-refractivity contribution < 1.29 is 18.1 Å². The van der Waals surface area contributed by atoms with Crippen LogP contribution in [0.3, 0.4) is 0 Å². The van der Waals surface area contributed by atoms with Gasteiger partial charge in [-0.05, 0) is 58.6 Å². The highest BCUT2D eigenvalue weighted by Crippen LogP contribution is 2.26. The number of hydrogen-bond acceptors (Lipinski definition) is 9. The van der Waals surface area contributed by atoms with Gasteiger partial charge in [0.15, 0.2) is 0 Å². The minimum Gasteiger partial charge on any atom is -0.400 e. The highest BCUT2D eigenvalue weighted by molar-refractivity contribution is 15.0. The molecule has 2 aliphatic heterocycles. The normalized spacial score (nSPS) is 24.7. The van der Waals surface area contributed by atoms with Crippen molar-refractivity contribution >= 4 is 75.8 Å². The molecule has 13 heteroatoms. The molecule has 4 atom stereocenters. The molecule has 0 amide bonds. The van der Waals surface area contributed by atoms with Crippen LogP contribution in [0.5, 0.6) is 0 Å². The van der Waals surface area contributed by atoms with Gasteiger partial charge in [0, 0.05) is 77.1 Å². The average molecular weight is 758 g/mol. The SMILES string of the molecule is CO.C[C@H]1CNC[C@@H]1O.II.[2H]c1nc([B])c2c(n1)C(CN1C[C@H](C)[C@@H](O)C1)=CC2.[2H]c1nc([B])c2c(n1)C=CC2. The molecule has 0 aromatic carbocycles. The number of likely N-dealkylation sites (tertiary alicyclic amines) is 1. The lowest BCUT2D eigenvalue weighted by molar-refractivity contribution is 0.150. The number of nitrogens with one attached hydrogen (secondary N) is 1. The second-order valence-electron chi connectivity index (χ2n) is 9.59. The number of halogens is 2. The summed E-state index contributed by atoms with van der Waals surface area (Å²) in [6.07, 6.45) is 7.09. The molecule has 2 aromatic rings. The van der Waals surface area contributed by atoms with E-state index in [-0.39, 0.29) is 24.8 Å². The Balaban J connectivity index is 0.000000226. The van der Waals surface area contributed by atoms with E-state index in [2.05, 4.69) is 80.4 Å². The summed E-state index contributed by atoms with van der Waals surface area (Å²) in [5.41, 5.74) is 5.42. The van der Waals surface area contributed by atoms with Gasteiger partial charge in [0.2, 0.25) is 0 Å². The molecule has 0 spiro atoms. The fourth-order valence-corrected chi connectivity index (χ4v) is 4.56. The van der Waals surface area contributed by atoms with Crippen molar-refractivity contribution in [3.05, 3.63) is 47.3 Å². The molecule has 0 unspecified atom stereocenters. The van der Waals surface area contributed by atoms with Gasteiger partial charge in [-0.1, -0.05) is 26.0 Å². The quantitative estimate of drug-likeness (QED) is 0.254. The highest BCUT2D eigenvalue weighted by atomic mass is 128. The van der Waals surface area contributed by atoms with E-state index in [1.165, 1.54) is 0 Å². The Kier molecular flexibility index (Phi) is 14.1. The van der Waals surface area contributed by atoms with E-state index in [1.54, 1.807) is 0 Å². The average Bonchev–Trinajstić information content (AvgIpc) is 3.73. The highest BCUT2D eigenvalue weighted by Gasteiger charge is 2.29. The van der Waals surface area contributed by atoms with E-state index in [9.17, 15) is 5.11 Å². The van der Waals surface area contributed by atoms with Gasteiger partial charge in [0.25, 0.3) is 0 Å². The smallest absolute Gasteiger partial charge is 0.142 e. The molecule has 2 aliphatic carbocycles. The van der Waals surface area contributed by atoms with Crippen LogP contribution < -0.4 is 16.5 Å². The van der Waals surface area contributed by atoms with E-state index in [0.717, 1.165) is 74.2 Å². The van der Waals surface area contributed by atoms with Gasteiger partial charge in [-0.15, -0.1) is 0 Å². The van der Waals surface area contributed by atoms with Crippen LogP contribution in [0.1, 0.15) is 39.1 Å². The van der Waals surface area contributed by atoms with Crippen LogP contribution in [0.4, 0.5) is 0 Å². The molecule has 4 N–H and O–H groups in total. The predicted molar refractivity (Wildman–Crippen MR) is 175 cm³/mol. The van der Waals surface area contributed by atoms with Crippen LogP contribution in [0.25, 0.3) is 11.6 Å². The van der Waals surface area contributed by atoms with Crippen molar-refractivity contribution in [3.8, 4) is 0 Å². The van der Waals surface area contributed by atoms with Crippen molar-refractivity contribution in [1.82, 2.24) is 30.2 Å². The first kappa shape index (κ1) is 31.0. The number of aliphatic hydroxyl groups is 3. The fourth-order valence-electron chi connectivity index (χ4n) is 4.56. The maximum Gasteiger partial charge on any atom is 0.142 e. The summed E-state index contributed by atoms with van der Waals surface area (Å²) in [5.74, 6) is 0.767. The third-order valence-corrected chi connectivity index (χ3v) is 6.86. The monoisotopic (exact) mass is 758 g/mol. The van der Waals surface area contributed by atoms with Crippen LogP contribution in [0.2, 0.25) is 0 Å². The second-order valence-corrected chi connectivity index (χ2v) is 9.59. The number of nitrogens with zero attached hydrogens (tertiary/aromatic N) is 5. The van der Waals surface area contributed by atoms with Crippen LogP contribution in [-0.2, 0) is 12.8 Å². The van der Waals surface area contributed by atoms with Crippen molar-refractivity contribution in [3.63, 3.8) is 0 Å². The zero-order valence-electron chi connectivity index (χ0n) is 24.5. The molecule has 0 bridgehead atoms. The lowest BCUT2D eigenvalue weighted by Gasteiger charge is -2.16. The number of β-amino-alcohol motifs (C(OH)–C–C–N with tert-alkyl or cyclic N) is 2.